The molecule has 0 unspecified atom stereocenters. The molecule has 0 heterocycles. The van der Waals surface area contributed by atoms with Crippen LogP contribution >= 0.6 is 11.6 Å². The summed E-state index contributed by atoms with van der Waals surface area (Å²) in [6.07, 6.45) is 0. The summed E-state index contributed by atoms with van der Waals surface area (Å²) in [5, 5.41) is 16.0. The Bertz CT molecular complexity index is 628. The molecule has 0 fully saturated rings. The Balaban J connectivity index is 2.70. The summed E-state index contributed by atoms with van der Waals surface area (Å²) in [6.45, 7) is 5.35. The van der Waals surface area contributed by atoms with Gasteiger partial charge in [0.25, 0.3) is 5.69 Å². The summed E-state index contributed by atoms with van der Waals surface area (Å²) in [4.78, 5) is 35.1. The van der Waals surface area contributed by atoms with Gasteiger partial charge in [-0.05, 0) is 32.9 Å². The van der Waals surface area contributed by atoms with E-state index in [4.69, 9.17) is 11.6 Å². The summed E-state index contributed by atoms with van der Waals surface area (Å²) in [6, 6.07) is 3.35. The molecular formula is C14H19ClN4O4. The number of rotatable bonds is 4. The van der Waals surface area contributed by atoms with Crippen molar-refractivity contribution in [3.8, 4) is 0 Å². The lowest BCUT2D eigenvalue weighted by Gasteiger charge is -2.23. The molecule has 23 heavy (non-hydrogen) atoms. The van der Waals surface area contributed by atoms with Gasteiger partial charge in [0, 0.05) is 24.3 Å². The van der Waals surface area contributed by atoms with Crippen molar-refractivity contribution in [3.63, 3.8) is 0 Å². The minimum Gasteiger partial charge on any atom is -0.350 e. The molecule has 9 heteroatoms. The van der Waals surface area contributed by atoms with E-state index in [1.54, 1.807) is 0 Å². The maximum atomic E-state index is 12.0. The molecule has 0 aromatic heterocycles. The Kier molecular flexibility index (Phi) is 5.91. The molecule has 0 aliphatic rings. The van der Waals surface area contributed by atoms with Gasteiger partial charge in [-0.2, -0.15) is 0 Å². The van der Waals surface area contributed by atoms with Gasteiger partial charge in [-0.15, -0.1) is 0 Å². The number of likely N-dealkylation sites (N-methyl/N-ethyl adjacent to an activating group) is 1. The monoisotopic (exact) mass is 342 g/mol. The number of amides is 3. The van der Waals surface area contributed by atoms with Crippen LogP contribution in [0.1, 0.15) is 20.8 Å². The van der Waals surface area contributed by atoms with Crippen LogP contribution in [-0.2, 0) is 4.79 Å². The largest absolute Gasteiger partial charge is 0.350 e. The predicted octanol–water partition coefficient (Wildman–Crippen LogP) is 2.63. The van der Waals surface area contributed by atoms with Crippen LogP contribution in [0.4, 0.5) is 16.2 Å². The normalized spacial score (nSPS) is 10.8. The van der Waals surface area contributed by atoms with Crippen molar-refractivity contribution < 1.29 is 14.5 Å². The summed E-state index contributed by atoms with van der Waals surface area (Å²) in [5.41, 5.74) is -0.489. The van der Waals surface area contributed by atoms with Crippen molar-refractivity contribution in [2.75, 3.05) is 18.9 Å². The number of carbonyl (C=O) groups excluding carboxylic acids is 2. The molecule has 0 spiro atoms. The zero-order valence-electron chi connectivity index (χ0n) is 13.3. The highest BCUT2D eigenvalue weighted by Gasteiger charge is 2.19. The van der Waals surface area contributed by atoms with Gasteiger partial charge in [-0.3, -0.25) is 14.9 Å². The number of hydrogen-bond acceptors (Lipinski definition) is 4. The highest BCUT2D eigenvalue weighted by atomic mass is 35.5. The molecule has 126 valence electrons. The summed E-state index contributed by atoms with van der Waals surface area (Å²) in [7, 11) is 1.45. The first-order valence-electron chi connectivity index (χ1n) is 6.76. The van der Waals surface area contributed by atoms with Gasteiger partial charge < -0.3 is 15.5 Å². The average molecular weight is 343 g/mol. The first kappa shape index (κ1) is 18.7. The van der Waals surface area contributed by atoms with Gasteiger partial charge in [-0.25, -0.2) is 4.79 Å². The second-order valence-electron chi connectivity index (χ2n) is 6.01. The lowest BCUT2D eigenvalue weighted by Crippen LogP contribution is -2.47. The topological polar surface area (TPSA) is 105 Å². The van der Waals surface area contributed by atoms with Gasteiger partial charge in [-0.1, -0.05) is 11.6 Å². The lowest BCUT2D eigenvalue weighted by molar-refractivity contribution is -0.384. The molecule has 0 bridgehead atoms. The molecule has 0 radical (unpaired) electrons. The molecule has 3 amide bonds. The molecule has 0 saturated carbocycles. The van der Waals surface area contributed by atoms with E-state index in [1.165, 1.54) is 24.1 Å². The molecule has 0 aliphatic heterocycles. The molecule has 1 aromatic carbocycles. The van der Waals surface area contributed by atoms with Crippen LogP contribution in [0.5, 0.6) is 0 Å². The number of hydrogen-bond donors (Lipinski definition) is 2. The number of nitro groups is 1. The van der Waals surface area contributed by atoms with Crippen LogP contribution in [-0.4, -0.2) is 40.9 Å². The van der Waals surface area contributed by atoms with E-state index in [0.29, 0.717) is 0 Å². The molecule has 0 atom stereocenters. The molecule has 1 rings (SSSR count). The zero-order chi connectivity index (χ0) is 17.8. The van der Waals surface area contributed by atoms with Crippen LogP contribution in [0.3, 0.4) is 0 Å². The van der Waals surface area contributed by atoms with Gasteiger partial charge in [0.05, 0.1) is 4.92 Å². The number of benzene rings is 1. The van der Waals surface area contributed by atoms with Crippen LogP contribution in [0.15, 0.2) is 18.2 Å². The number of nitrogens with zero attached hydrogens (tertiary/aromatic N) is 2. The first-order valence-corrected chi connectivity index (χ1v) is 7.14. The van der Waals surface area contributed by atoms with E-state index in [-0.39, 0.29) is 28.8 Å². The van der Waals surface area contributed by atoms with E-state index in [2.05, 4.69) is 10.6 Å². The Morgan fingerprint density at radius 2 is 1.96 bits per heavy atom. The average Bonchev–Trinajstić information content (AvgIpc) is 2.38. The second kappa shape index (κ2) is 7.28. The van der Waals surface area contributed by atoms with Crippen LogP contribution in [0.25, 0.3) is 0 Å². The van der Waals surface area contributed by atoms with Crippen LogP contribution < -0.4 is 10.6 Å². The number of urea groups is 1. The van der Waals surface area contributed by atoms with E-state index in [1.807, 2.05) is 20.8 Å². The summed E-state index contributed by atoms with van der Waals surface area (Å²) in [5.74, 6) is -0.308. The molecule has 2 N–H and O–H groups in total. The van der Waals surface area contributed by atoms with E-state index < -0.39 is 16.5 Å². The van der Waals surface area contributed by atoms with E-state index in [9.17, 15) is 19.7 Å². The van der Waals surface area contributed by atoms with Gasteiger partial charge in [0.2, 0.25) is 5.91 Å². The highest BCUT2D eigenvalue weighted by Crippen LogP contribution is 2.27. The molecule has 1 aromatic rings. The molecular weight excluding hydrogens is 324 g/mol. The van der Waals surface area contributed by atoms with Crippen molar-refractivity contribution in [1.29, 1.82) is 0 Å². The lowest BCUT2D eigenvalue weighted by atomic mass is 10.1. The Morgan fingerprint density at radius 1 is 1.35 bits per heavy atom. The third-order valence-electron chi connectivity index (χ3n) is 2.64. The first-order chi connectivity index (χ1) is 10.5. The quantitative estimate of drug-likeness (QED) is 0.648. The Hall–Kier alpha value is -2.35. The van der Waals surface area contributed by atoms with Gasteiger partial charge in [0.1, 0.15) is 11.6 Å². The summed E-state index contributed by atoms with van der Waals surface area (Å²) < 4.78 is 0. The number of nitro benzene ring substituents is 1. The highest BCUT2D eigenvalue weighted by molar-refractivity contribution is 6.32. The molecule has 0 aliphatic carbocycles. The SMILES string of the molecule is CN(CC(=O)NC(C)(C)C)C(=O)Nc1ccc(Cl)c([N+](=O)[O-])c1. The summed E-state index contributed by atoms with van der Waals surface area (Å²) >= 11 is 5.70. The van der Waals surface area contributed by atoms with Gasteiger partial charge in [0.15, 0.2) is 0 Å². The van der Waals surface area contributed by atoms with Crippen molar-refractivity contribution in [2.24, 2.45) is 0 Å². The number of carbonyl (C=O) groups is 2. The minimum absolute atomic E-state index is 0.0223. The fraction of sp³-hybridized carbons (Fsp3) is 0.429. The van der Waals surface area contributed by atoms with Crippen molar-refractivity contribution in [2.45, 2.75) is 26.3 Å². The molecule has 8 nitrogen and oxygen atoms in total. The predicted molar refractivity (Wildman–Crippen MR) is 87.7 cm³/mol. The van der Waals surface area contributed by atoms with Crippen LogP contribution in [0, 0.1) is 10.1 Å². The smallest absolute Gasteiger partial charge is 0.322 e. The zero-order valence-corrected chi connectivity index (χ0v) is 14.1. The fourth-order valence-corrected chi connectivity index (χ4v) is 1.88. The minimum atomic E-state index is -0.640. The second-order valence-corrected chi connectivity index (χ2v) is 6.41. The third kappa shape index (κ3) is 6.11. The molecule has 0 saturated heterocycles. The van der Waals surface area contributed by atoms with E-state index in [0.717, 1.165) is 6.07 Å². The standard InChI is InChI=1S/C14H19ClN4O4/c1-14(2,3)17-12(20)8-18(4)13(21)16-9-5-6-10(15)11(7-9)19(22)23/h5-7H,8H2,1-4H3,(H,16,21)(H,17,20). The van der Waals surface area contributed by atoms with Crippen molar-refractivity contribution in [1.82, 2.24) is 10.2 Å². The fourth-order valence-electron chi connectivity index (χ4n) is 1.69. The van der Waals surface area contributed by atoms with Crippen LogP contribution in [0.2, 0.25) is 5.02 Å². The third-order valence-corrected chi connectivity index (χ3v) is 2.96. The maximum absolute atomic E-state index is 12.0. The van der Waals surface area contributed by atoms with E-state index >= 15 is 0 Å². The number of anilines is 1. The Morgan fingerprint density at radius 3 is 2.48 bits per heavy atom. The van der Waals surface area contributed by atoms with Crippen molar-refractivity contribution >= 4 is 34.9 Å². The Labute approximate surface area is 138 Å². The number of nitrogens with one attached hydrogen (secondary N) is 2. The van der Waals surface area contributed by atoms with Crippen molar-refractivity contribution in [3.05, 3.63) is 33.3 Å². The maximum Gasteiger partial charge on any atom is 0.322 e. The van der Waals surface area contributed by atoms with Gasteiger partial charge >= 0.3 is 6.03 Å². The number of halogens is 1.